The molecule has 18 heavy (non-hydrogen) atoms. The Labute approximate surface area is 113 Å². The fraction of sp³-hybridized carbons (Fsp3) is 0.750. The highest BCUT2D eigenvalue weighted by Gasteiger charge is 2.23. The fourth-order valence-electron chi connectivity index (χ4n) is 2.36. The number of hydrogen-bond acceptors (Lipinski definition) is 5. The third kappa shape index (κ3) is 3.02. The highest BCUT2D eigenvalue weighted by atomic mass is 35.5. The molecule has 0 aromatic carbocycles. The van der Waals surface area contributed by atoms with E-state index in [4.69, 9.17) is 11.6 Å². The standard InChI is InChI=1S/C12H20ClN5/c1-8(2)9-4-6-18(7-5-9)12-16-10(13)15-11(14-3)17-12/h8-9H,4-7H2,1-3H3,(H,14,15,16,17). The van der Waals surface area contributed by atoms with Gasteiger partial charge in [0.05, 0.1) is 0 Å². The fourth-order valence-corrected chi connectivity index (χ4v) is 2.51. The Morgan fingerprint density at radius 3 is 2.44 bits per heavy atom. The van der Waals surface area contributed by atoms with Gasteiger partial charge in [0, 0.05) is 20.1 Å². The van der Waals surface area contributed by atoms with E-state index >= 15 is 0 Å². The smallest absolute Gasteiger partial charge is 0.231 e. The molecule has 0 radical (unpaired) electrons. The van der Waals surface area contributed by atoms with Crippen LogP contribution in [0.4, 0.5) is 11.9 Å². The van der Waals surface area contributed by atoms with Crippen LogP contribution in [0.25, 0.3) is 0 Å². The predicted octanol–water partition coefficient (Wildman–Crippen LogP) is 2.44. The van der Waals surface area contributed by atoms with E-state index in [-0.39, 0.29) is 5.28 Å². The summed E-state index contributed by atoms with van der Waals surface area (Å²) in [5, 5.41) is 3.15. The van der Waals surface area contributed by atoms with Crippen LogP contribution in [0, 0.1) is 11.8 Å². The largest absolute Gasteiger partial charge is 0.357 e. The normalized spacial score (nSPS) is 17.3. The number of halogens is 1. The van der Waals surface area contributed by atoms with Crippen molar-refractivity contribution in [1.82, 2.24) is 15.0 Å². The Hall–Kier alpha value is -1.10. The van der Waals surface area contributed by atoms with Crippen molar-refractivity contribution in [2.24, 2.45) is 11.8 Å². The van der Waals surface area contributed by atoms with Crippen molar-refractivity contribution in [1.29, 1.82) is 0 Å². The number of piperidine rings is 1. The Bertz CT molecular complexity index is 401. The van der Waals surface area contributed by atoms with Gasteiger partial charge in [-0.3, -0.25) is 0 Å². The Kier molecular flexibility index (Phi) is 4.22. The van der Waals surface area contributed by atoms with E-state index in [1.165, 1.54) is 12.8 Å². The lowest BCUT2D eigenvalue weighted by Crippen LogP contribution is -2.36. The minimum Gasteiger partial charge on any atom is -0.357 e. The number of anilines is 2. The third-order valence-corrected chi connectivity index (χ3v) is 3.75. The van der Waals surface area contributed by atoms with E-state index in [9.17, 15) is 0 Å². The first kappa shape index (κ1) is 13.3. The molecule has 0 bridgehead atoms. The van der Waals surface area contributed by atoms with Crippen LogP contribution in [0.1, 0.15) is 26.7 Å². The lowest BCUT2D eigenvalue weighted by molar-refractivity contribution is 0.310. The topological polar surface area (TPSA) is 53.9 Å². The van der Waals surface area contributed by atoms with Crippen LogP contribution in [0.2, 0.25) is 5.28 Å². The molecule has 5 nitrogen and oxygen atoms in total. The molecule has 1 saturated heterocycles. The molecular weight excluding hydrogens is 250 g/mol. The van der Waals surface area contributed by atoms with Crippen molar-refractivity contribution in [2.45, 2.75) is 26.7 Å². The molecule has 0 aliphatic carbocycles. The summed E-state index contributed by atoms with van der Waals surface area (Å²) in [7, 11) is 1.78. The first-order chi connectivity index (χ1) is 8.60. The van der Waals surface area contributed by atoms with Crippen LogP contribution >= 0.6 is 11.6 Å². The zero-order chi connectivity index (χ0) is 13.1. The molecule has 0 unspecified atom stereocenters. The monoisotopic (exact) mass is 269 g/mol. The molecule has 6 heteroatoms. The maximum absolute atomic E-state index is 5.90. The zero-order valence-corrected chi connectivity index (χ0v) is 11.9. The number of rotatable bonds is 3. The molecule has 0 spiro atoms. The van der Waals surface area contributed by atoms with Crippen molar-refractivity contribution < 1.29 is 0 Å². The maximum atomic E-state index is 5.90. The maximum Gasteiger partial charge on any atom is 0.231 e. The number of hydrogen-bond donors (Lipinski definition) is 1. The quantitative estimate of drug-likeness (QED) is 0.913. The van der Waals surface area contributed by atoms with Gasteiger partial charge in [-0.1, -0.05) is 13.8 Å². The highest BCUT2D eigenvalue weighted by molar-refractivity contribution is 6.28. The lowest BCUT2D eigenvalue weighted by atomic mass is 9.87. The molecule has 2 rings (SSSR count). The molecule has 100 valence electrons. The minimum atomic E-state index is 0.246. The summed E-state index contributed by atoms with van der Waals surface area (Å²) >= 11 is 5.90. The zero-order valence-electron chi connectivity index (χ0n) is 11.1. The highest BCUT2D eigenvalue weighted by Crippen LogP contribution is 2.26. The van der Waals surface area contributed by atoms with E-state index in [1.807, 2.05) is 0 Å². The molecule has 1 fully saturated rings. The van der Waals surface area contributed by atoms with Crippen molar-refractivity contribution in [2.75, 3.05) is 30.4 Å². The SMILES string of the molecule is CNc1nc(Cl)nc(N2CCC(C(C)C)CC2)n1. The summed E-state index contributed by atoms with van der Waals surface area (Å²) in [5.41, 5.74) is 0. The summed E-state index contributed by atoms with van der Waals surface area (Å²) in [4.78, 5) is 14.7. The average Bonchev–Trinajstić information content (AvgIpc) is 2.38. The Balaban J connectivity index is 2.07. The molecule has 1 aromatic rings. The van der Waals surface area contributed by atoms with E-state index in [1.54, 1.807) is 7.05 Å². The molecule has 1 N–H and O–H groups in total. The molecule has 1 aromatic heterocycles. The summed E-state index contributed by atoms with van der Waals surface area (Å²) in [5.74, 6) is 2.77. The lowest BCUT2D eigenvalue weighted by Gasteiger charge is -2.33. The van der Waals surface area contributed by atoms with E-state index in [0.717, 1.165) is 24.9 Å². The number of nitrogens with zero attached hydrogens (tertiary/aromatic N) is 4. The van der Waals surface area contributed by atoms with Crippen LogP contribution in [-0.2, 0) is 0 Å². The van der Waals surface area contributed by atoms with Gasteiger partial charge in [0.25, 0.3) is 0 Å². The molecule has 0 atom stereocenters. The van der Waals surface area contributed by atoms with Gasteiger partial charge in [-0.15, -0.1) is 0 Å². The minimum absolute atomic E-state index is 0.246. The molecule has 1 aliphatic rings. The second-order valence-corrected chi connectivity index (χ2v) is 5.38. The van der Waals surface area contributed by atoms with Gasteiger partial charge in [0.15, 0.2) is 0 Å². The average molecular weight is 270 g/mol. The van der Waals surface area contributed by atoms with Gasteiger partial charge in [-0.05, 0) is 36.3 Å². The number of nitrogens with one attached hydrogen (secondary N) is 1. The van der Waals surface area contributed by atoms with Crippen LogP contribution in [-0.4, -0.2) is 35.1 Å². The Morgan fingerprint density at radius 2 is 1.89 bits per heavy atom. The molecular formula is C12H20ClN5. The predicted molar refractivity (Wildman–Crippen MR) is 74.2 cm³/mol. The molecule has 1 aliphatic heterocycles. The van der Waals surface area contributed by atoms with Gasteiger partial charge in [0.2, 0.25) is 17.2 Å². The van der Waals surface area contributed by atoms with Gasteiger partial charge < -0.3 is 10.2 Å². The van der Waals surface area contributed by atoms with Crippen LogP contribution in [0.5, 0.6) is 0 Å². The van der Waals surface area contributed by atoms with Gasteiger partial charge >= 0.3 is 0 Å². The first-order valence-electron chi connectivity index (χ1n) is 6.44. The summed E-state index contributed by atoms with van der Waals surface area (Å²) in [6, 6.07) is 0. The molecule has 0 saturated carbocycles. The Morgan fingerprint density at radius 1 is 1.22 bits per heavy atom. The van der Waals surface area contributed by atoms with Gasteiger partial charge in [-0.2, -0.15) is 15.0 Å². The summed E-state index contributed by atoms with van der Waals surface area (Å²) < 4.78 is 0. The van der Waals surface area contributed by atoms with Gasteiger partial charge in [-0.25, -0.2) is 0 Å². The first-order valence-corrected chi connectivity index (χ1v) is 6.82. The molecule has 0 amide bonds. The summed E-state index contributed by atoms with van der Waals surface area (Å²) in [6.07, 6.45) is 2.38. The van der Waals surface area contributed by atoms with Crippen molar-refractivity contribution >= 4 is 23.5 Å². The van der Waals surface area contributed by atoms with E-state index in [0.29, 0.717) is 11.9 Å². The second kappa shape index (κ2) is 5.69. The number of aromatic nitrogens is 3. The van der Waals surface area contributed by atoms with E-state index in [2.05, 4.69) is 39.0 Å². The van der Waals surface area contributed by atoms with Crippen LogP contribution < -0.4 is 10.2 Å². The second-order valence-electron chi connectivity index (χ2n) is 5.05. The third-order valence-electron chi connectivity index (χ3n) is 3.59. The van der Waals surface area contributed by atoms with Crippen LogP contribution in [0.3, 0.4) is 0 Å². The van der Waals surface area contributed by atoms with Crippen LogP contribution in [0.15, 0.2) is 0 Å². The van der Waals surface area contributed by atoms with Gasteiger partial charge in [0.1, 0.15) is 0 Å². The molecule has 2 heterocycles. The van der Waals surface area contributed by atoms with Crippen molar-refractivity contribution in [3.05, 3.63) is 5.28 Å². The summed E-state index contributed by atoms with van der Waals surface area (Å²) in [6.45, 7) is 6.57. The van der Waals surface area contributed by atoms with Crippen molar-refractivity contribution in [3.63, 3.8) is 0 Å². The van der Waals surface area contributed by atoms with E-state index < -0.39 is 0 Å². The van der Waals surface area contributed by atoms with Crippen molar-refractivity contribution in [3.8, 4) is 0 Å².